The zero-order valence-electron chi connectivity index (χ0n) is 10.7. The molecule has 0 spiro atoms. The zero-order chi connectivity index (χ0) is 12.7. The van der Waals surface area contributed by atoms with Gasteiger partial charge in [0.1, 0.15) is 0 Å². The highest BCUT2D eigenvalue weighted by atomic mass is 15.2. The van der Waals surface area contributed by atoms with Gasteiger partial charge in [-0.05, 0) is 39.2 Å². The van der Waals surface area contributed by atoms with Gasteiger partial charge in [-0.15, -0.1) is 0 Å². The number of hydrogen-bond donors (Lipinski definition) is 2. The van der Waals surface area contributed by atoms with Crippen LogP contribution in [0.25, 0.3) is 21.5 Å². The first kappa shape index (κ1) is 11.0. The van der Waals surface area contributed by atoms with E-state index in [0.717, 1.165) is 13.1 Å². The van der Waals surface area contributed by atoms with E-state index in [9.17, 15) is 0 Å². The molecule has 1 aliphatic rings. The molecular weight excluding hydrogens is 232 g/mol. The van der Waals surface area contributed by atoms with Crippen LogP contribution in [0.1, 0.15) is 11.7 Å². The maximum absolute atomic E-state index is 3.50. The zero-order valence-corrected chi connectivity index (χ0v) is 10.7. The van der Waals surface area contributed by atoms with Crippen LogP contribution >= 0.6 is 0 Å². The fourth-order valence-corrected chi connectivity index (χ4v) is 2.97. The quantitative estimate of drug-likeness (QED) is 0.646. The van der Waals surface area contributed by atoms with Gasteiger partial charge in [0.15, 0.2) is 0 Å². The lowest BCUT2D eigenvalue weighted by Gasteiger charge is -2.15. The first-order valence-corrected chi connectivity index (χ1v) is 6.80. The summed E-state index contributed by atoms with van der Waals surface area (Å²) in [4.78, 5) is 0. The van der Waals surface area contributed by atoms with Crippen LogP contribution in [0.4, 0.5) is 0 Å². The summed E-state index contributed by atoms with van der Waals surface area (Å²) < 4.78 is 0. The van der Waals surface area contributed by atoms with E-state index in [4.69, 9.17) is 0 Å². The number of fused-ring (bicyclic) bond motifs is 2. The lowest BCUT2D eigenvalue weighted by Crippen LogP contribution is -2.21. The van der Waals surface area contributed by atoms with Crippen LogP contribution in [0.2, 0.25) is 0 Å². The monoisotopic (exact) mass is 248 g/mol. The van der Waals surface area contributed by atoms with Crippen molar-refractivity contribution in [2.24, 2.45) is 0 Å². The van der Waals surface area contributed by atoms with Crippen LogP contribution in [0.3, 0.4) is 0 Å². The van der Waals surface area contributed by atoms with Gasteiger partial charge in [-0.1, -0.05) is 42.5 Å². The van der Waals surface area contributed by atoms with E-state index < -0.39 is 0 Å². The summed E-state index contributed by atoms with van der Waals surface area (Å²) in [5.41, 5.74) is 1.35. The van der Waals surface area contributed by atoms with E-state index in [1.807, 2.05) is 0 Å². The first-order valence-electron chi connectivity index (χ1n) is 6.80. The van der Waals surface area contributed by atoms with Gasteiger partial charge in [-0.3, -0.25) is 10.6 Å². The third-order valence-corrected chi connectivity index (χ3v) is 3.91. The van der Waals surface area contributed by atoms with Crippen molar-refractivity contribution in [1.82, 2.24) is 10.6 Å². The average molecular weight is 248 g/mol. The Morgan fingerprint density at radius 2 is 1.42 bits per heavy atom. The molecule has 19 heavy (non-hydrogen) atoms. The summed E-state index contributed by atoms with van der Waals surface area (Å²) in [6, 6.07) is 19.7. The Labute approximate surface area is 112 Å². The number of nitrogens with one attached hydrogen (secondary N) is 2. The Morgan fingerprint density at radius 1 is 0.737 bits per heavy atom. The minimum absolute atomic E-state index is 0.282. The molecule has 0 saturated carbocycles. The van der Waals surface area contributed by atoms with Crippen LogP contribution in [-0.2, 0) is 0 Å². The largest absolute Gasteiger partial charge is 0.297 e. The first-order chi connectivity index (χ1) is 9.42. The van der Waals surface area contributed by atoms with Gasteiger partial charge >= 0.3 is 0 Å². The minimum Gasteiger partial charge on any atom is -0.297 e. The van der Waals surface area contributed by atoms with Crippen molar-refractivity contribution in [1.29, 1.82) is 0 Å². The van der Waals surface area contributed by atoms with Gasteiger partial charge in [-0.2, -0.15) is 0 Å². The van der Waals surface area contributed by atoms with E-state index in [1.165, 1.54) is 27.1 Å². The molecule has 2 heteroatoms. The van der Waals surface area contributed by atoms with Crippen LogP contribution in [0.5, 0.6) is 0 Å². The van der Waals surface area contributed by atoms with Crippen LogP contribution in [0.15, 0.2) is 54.6 Å². The molecule has 0 unspecified atom stereocenters. The molecule has 0 atom stereocenters. The molecular formula is C17H16N2. The molecule has 0 bridgehead atoms. The van der Waals surface area contributed by atoms with Crippen LogP contribution in [-0.4, -0.2) is 13.1 Å². The highest BCUT2D eigenvalue weighted by Crippen LogP contribution is 2.28. The molecule has 2 nitrogen and oxygen atoms in total. The highest BCUT2D eigenvalue weighted by Gasteiger charge is 2.17. The van der Waals surface area contributed by atoms with Crippen molar-refractivity contribution in [3.05, 3.63) is 60.2 Å². The number of benzene rings is 3. The third kappa shape index (κ3) is 1.81. The Bertz CT molecular complexity index is 742. The number of rotatable bonds is 1. The van der Waals surface area contributed by atoms with Crippen molar-refractivity contribution in [3.63, 3.8) is 0 Å². The van der Waals surface area contributed by atoms with Gasteiger partial charge in [0, 0.05) is 13.1 Å². The topological polar surface area (TPSA) is 24.1 Å². The molecule has 0 aliphatic carbocycles. The smallest absolute Gasteiger partial charge is 0.0842 e. The maximum atomic E-state index is 3.50. The SMILES string of the molecule is c1ccc2cc3c(C4NCCN4)cccc3cc2c1. The van der Waals surface area contributed by atoms with E-state index >= 15 is 0 Å². The molecule has 3 aromatic rings. The summed E-state index contributed by atoms with van der Waals surface area (Å²) in [6.07, 6.45) is 0.282. The Balaban J connectivity index is 2.00. The molecule has 3 aromatic carbocycles. The molecule has 4 rings (SSSR count). The predicted molar refractivity (Wildman–Crippen MR) is 80.2 cm³/mol. The normalized spacial score (nSPS) is 16.4. The fourth-order valence-electron chi connectivity index (χ4n) is 2.97. The van der Waals surface area contributed by atoms with E-state index in [0.29, 0.717) is 0 Å². The summed E-state index contributed by atoms with van der Waals surface area (Å²) in [6.45, 7) is 2.07. The second-order valence-corrected chi connectivity index (χ2v) is 5.11. The Morgan fingerprint density at radius 3 is 2.21 bits per heavy atom. The lowest BCUT2D eigenvalue weighted by molar-refractivity contribution is 0.593. The second kappa shape index (κ2) is 4.34. The second-order valence-electron chi connectivity index (χ2n) is 5.11. The van der Waals surface area contributed by atoms with Gasteiger partial charge in [0.2, 0.25) is 0 Å². The molecule has 1 heterocycles. The van der Waals surface area contributed by atoms with Crippen molar-refractivity contribution >= 4 is 21.5 Å². The molecule has 94 valence electrons. The van der Waals surface area contributed by atoms with E-state index in [-0.39, 0.29) is 6.17 Å². The van der Waals surface area contributed by atoms with Gasteiger partial charge < -0.3 is 0 Å². The summed E-state index contributed by atoms with van der Waals surface area (Å²) in [5, 5.41) is 12.3. The van der Waals surface area contributed by atoms with E-state index in [2.05, 4.69) is 65.2 Å². The summed E-state index contributed by atoms with van der Waals surface area (Å²) in [5.74, 6) is 0. The van der Waals surface area contributed by atoms with Gasteiger partial charge in [-0.25, -0.2) is 0 Å². The fraction of sp³-hybridized carbons (Fsp3) is 0.176. The van der Waals surface area contributed by atoms with Crippen molar-refractivity contribution in [3.8, 4) is 0 Å². The maximum Gasteiger partial charge on any atom is 0.0842 e. The molecule has 0 aromatic heterocycles. The van der Waals surface area contributed by atoms with Crippen LogP contribution < -0.4 is 10.6 Å². The third-order valence-electron chi connectivity index (χ3n) is 3.91. The predicted octanol–water partition coefficient (Wildman–Crippen LogP) is 3.18. The average Bonchev–Trinajstić information content (AvgIpc) is 2.98. The minimum atomic E-state index is 0.282. The highest BCUT2D eigenvalue weighted by molar-refractivity contribution is 5.99. The van der Waals surface area contributed by atoms with Crippen molar-refractivity contribution < 1.29 is 0 Å². The summed E-state index contributed by atoms with van der Waals surface area (Å²) >= 11 is 0. The van der Waals surface area contributed by atoms with E-state index in [1.54, 1.807) is 0 Å². The van der Waals surface area contributed by atoms with Crippen LogP contribution in [0, 0.1) is 0 Å². The molecule has 2 N–H and O–H groups in total. The molecule has 0 radical (unpaired) electrons. The molecule has 0 amide bonds. The Hall–Kier alpha value is -1.90. The number of hydrogen-bond acceptors (Lipinski definition) is 2. The summed E-state index contributed by atoms with van der Waals surface area (Å²) in [7, 11) is 0. The standard InChI is InChI=1S/C17H16N2/c1-2-5-13-11-16-14(10-12(13)4-1)6-3-7-15(16)17-18-8-9-19-17/h1-7,10-11,17-19H,8-9H2. The van der Waals surface area contributed by atoms with Crippen molar-refractivity contribution in [2.75, 3.05) is 13.1 Å². The van der Waals surface area contributed by atoms with Gasteiger partial charge in [0.25, 0.3) is 0 Å². The molecule has 1 fully saturated rings. The lowest BCUT2D eigenvalue weighted by atomic mass is 9.98. The van der Waals surface area contributed by atoms with Crippen molar-refractivity contribution in [2.45, 2.75) is 6.17 Å². The molecule has 1 saturated heterocycles. The van der Waals surface area contributed by atoms with Gasteiger partial charge in [0.05, 0.1) is 6.17 Å². The Kier molecular flexibility index (Phi) is 2.50. The molecule has 1 aliphatic heterocycles.